The highest BCUT2D eigenvalue weighted by Crippen LogP contribution is 2.29. The lowest BCUT2D eigenvalue weighted by molar-refractivity contribution is 0.216. The Bertz CT molecular complexity index is 403. The highest BCUT2D eigenvalue weighted by molar-refractivity contribution is 6.30. The Morgan fingerprint density at radius 3 is 2.76 bits per heavy atom. The Balaban J connectivity index is 1.89. The number of halogens is 1. The van der Waals surface area contributed by atoms with E-state index in [1.54, 1.807) is 0 Å². The van der Waals surface area contributed by atoms with Crippen molar-refractivity contribution in [3.05, 3.63) is 34.9 Å². The van der Waals surface area contributed by atoms with E-state index in [9.17, 15) is 0 Å². The van der Waals surface area contributed by atoms with Crippen molar-refractivity contribution in [2.24, 2.45) is 0 Å². The van der Waals surface area contributed by atoms with Gasteiger partial charge in [0, 0.05) is 18.0 Å². The molecule has 2 nitrogen and oxygen atoms in total. The number of rotatable bonds is 3. The molecule has 1 aromatic carbocycles. The minimum absolute atomic E-state index is 0.632. The van der Waals surface area contributed by atoms with Gasteiger partial charge in [0.1, 0.15) is 0 Å². The first-order chi connectivity index (χ1) is 8.29. The number of hydrogen-bond acceptors (Lipinski definition) is 2. The van der Waals surface area contributed by atoms with Crippen molar-refractivity contribution in [2.45, 2.75) is 25.2 Å². The van der Waals surface area contributed by atoms with E-state index >= 15 is 0 Å². The number of nitrogens with zero attached hydrogens (tertiary/aromatic N) is 2. The molecule has 1 aromatic rings. The topological polar surface area (TPSA) is 27.0 Å². The number of nitriles is 1. The summed E-state index contributed by atoms with van der Waals surface area (Å²) in [6.07, 6.45) is 2.99. The van der Waals surface area contributed by atoms with Gasteiger partial charge in [-0.1, -0.05) is 23.7 Å². The third kappa shape index (κ3) is 3.46. The number of piperidine rings is 1. The Kier molecular flexibility index (Phi) is 4.42. The van der Waals surface area contributed by atoms with Crippen LogP contribution in [0.2, 0.25) is 5.02 Å². The van der Waals surface area contributed by atoms with Crippen molar-refractivity contribution in [3.63, 3.8) is 0 Å². The third-order valence-electron chi connectivity index (χ3n) is 3.45. The maximum Gasteiger partial charge on any atom is 0.0635 e. The van der Waals surface area contributed by atoms with E-state index in [1.807, 2.05) is 12.1 Å². The van der Waals surface area contributed by atoms with Gasteiger partial charge in [0.05, 0.1) is 6.07 Å². The molecule has 0 atom stereocenters. The molecule has 0 saturated carbocycles. The molecule has 2 rings (SSSR count). The van der Waals surface area contributed by atoms with E-state index in [4.69, 9.17) is 16.9 Å². The van der Waals surface area contributed by atoms with Gasteiger partial charge in [0.2, 0.25) is 0 Å². The second kappa shape index (κ2) is 6.05. The van der Waals surface area contributed by atoms with Gasteiger partial charge in [0.25, 0.3) is 0 Å². The molecule has 1 aliphatic rings. The zero-order valence-corrected chi connectivity index (χ0v) is 10.7. The summed E-state index contributed by atoms with van der Waals surface area (Å²) in [4.78, 5) is 2.38. The van der Waals surface area contributed by atoms with Crippen molar-refractivity contribution in [2.75, 3.05) is 19.6 Å². The quantitative estimate of drug-likeness (QED) is 0.820. The molecule has 1 saturated heterocycles. The summed E-state index contributed by atoms with van der Waals surface area (Å²) >= 11 is 6.01. The molecule has 0 unspecified atom stereocenters. The van der Waals surface area contributed by atoms with Crippen molar-refractivity contribution >= 4 is 11.6 Å². The molecule has 0 amide bonds. The highest BCUT2D eigenvalue weighted by atomic mass is 35.5. The largest absolute Gasteiger partial charge is 0.302 e. The zero-order valence-electron chi connectivity index (χ0n) is 9.90. The predicted octanol–water partition coefficient (Wildman–Crippen LogP) is 3.43. The van der Waals surface area contributed by atoms with Crippen LogP contribution in [0, 0.1) is 11.3 Å². The second-order valence-corrected chi connectivity index (χ2v) is 5.02. The molecule has 3 heteroatoms. The first kappa shape index (κ1) is 12.4. The van der Waals surface area contributed by atoms with Crippen LogP contribution < -0.4 is 0 Å². The van der Waals surface area contributed by atoms with Gasteiger partial charge in [-0.15, -0.1) is 0 Å². The van der Waals surface area contributed by atoms with Crippen LogP contribution in [0.4, 0.5) is 0 Å². The van der Waals surface area contributed by atoms with Gasteiger partial charge in [-0.05, 0) is 49.5 Å². The van der Waals surface area contributed by atoms with E-state index in [1.165, 1.54) is 18.4 Å². The van der Waals surface area contributed by atoms with Gasteiger partial charge >= 0.3 is 0 Å². The predicted molar refractivity (Wildman–Crippen MR) is 70.1 cm³/mol. The van der Waals surface area contributed by atoms with Crippen LogP contribution in [0.5, 0.6) is 0 Å². The maximum absolute atomic E-state index is 8.57. The number of hydrogen-bond donors (Lipinski definition) is 0. The van der Waals surface area contributed by atoms with Crippen molar-refractivity contribution < 1.29 is 0 Å². The van der Waals surface area contributed by atoms with Crippen molar-refractivity contribution in [1.82, 2.24) is 4.90 Å². The van der Waals surface area contributed by atoms with Gasteiger partial charge in [0.15, 0.2) is 0 Å². The molecule has 0 spiro atoms. The third-order valence-corrected chi connectivity index (χ3v) is 3.68. The molecular weight excluding hydrogens is 232 g/mol. The highest BCUT2D eigenvalue weighted by Gasteiger charge is 2.20. The summed E-state index contributed by atoms with van der Waals surface area (Å²) in [5, 5.41) is 9.39. The fourth-order valence-corrected chi connectivity index (χ4v) is 2.66. The average Bonchev–Trinajstić information content (AvgIpc) is 2.37. The smallest absolute Gasteiger partial charge is 0.0635 e. The molecule has 0 bridgehead atoms. The van der Waals surface area contributed by atoms with Crippen molar-refractivity contribution in [1.29, 1.82) is 5.26 Å². The van der Waals surface area contributed by atoms with E-state index in [0.717, 1.165) is 24.7 Å². The maximum atomic E-state index is 8.57. The van der Waals surface area contributed by atoms with Crippen LogP contribution in [-0.4, -0.2) is 24.5 Å². The van der Waals surface area contributed by atoms with Gasteiger partial charge in [-0.2, -0.15) is 5.26 Å². The van der Waals surface area contributed by atoms with Gasteiger partial charge in [-0.25, -0.2) is 0 Å². The Morgan fingerprint density at radius 1 is 1.35 bits per heavy atom. The molecule has 1 fully saturated rings. The fraction of sp³-hybridized carbons (Fsp3) is 0.500. The molecule has 0 aromatic heterocycles. The lowest BCUT2D eigenvalue weighted by Gasteiger charge is -2.31. The zero-order chi connectivity index (χ0) is 12.1. The number of benzene rings is 1. The Labute approximate surface area is 108 Å². The van der Waals surface area contributed by atoms with E-state index in [-0.39, 0.29) is 0 Å². The van der Waals surface area contributed by atoms with E-state index in [0.29, 0.717) is 12.3 Å². The van der Waals surface area contributed by atoms with Gasteiger partial charge in [-0.3, -0.25) is 0 Å². The van der Waals surface area contributed by atoms with Crippen LogP contribution in [0.15, 0.2) is 24.3 Å². The standard InChI is InChI=1S/C14H17ClN2/c15-14-4-1-3-13(11-14)12-5-9-17(10-6-12)8-2-7-16/h1,3-4,11-12H,2,5-6,8-10H2. The summed E-state index contributed by atoms with van der Waals surface area (Å²) in [6.45, 7) is 3.11. The summed E-state index contributed by atoms with van der Waals surface area (Å²) in [6, 6.07) is 10.4. The normalized spacial score (nSPS) is 17.9. The minimum atomic E-state index is 0.632. The summed E-state index contributed by atoms with van der Waals surface area (Å²) < 4.78 is 0. The fourth-order valence-electron chi connectivity index (χ4n) is 2.46. The van der Waals surface area contributed by atoms with Crippen molar-refractivity contribution in [3.8, 4) is 6.07 Å². The van der Waals surface area contributed by atoms with Crippen LogP contribution in [0.1, 0.15) is 30.7 Å². The molecule has 1 heterocycles. The first-order valence-electron chi connectivity index (χ1n) is 6.14. The van der Waals surface area contributed by atoms with Gasteiger partial charge < -0.3 is 4.90 Å². The second-order valence-electron chi connectivity index (χ2n) is 4.58. The molecule has 17 heavy (non-hydrogen) atoms. The van der Waals surface area contributed by atoms with Crippen LogP contribution >= 0.6 is 11.6 Å². The lowest BCUT2D eigenvalue weighted by Crippen LogP contribution is -2.33. The van der Waals surface area contributed by atoms with Crippen LogP contribution in [0.3, 0.4) is 0 Å². The Hall–Kier alpha value is -1.04. The van der Waals surface area contributed by atoms with Crippen LogP contribution in [0.25, 0.3) is 0 Å². The summed E-state index contributed by atoms with van der Waals surface area (Å²) in [7, 11) is 0. The minimum Gasteiger partial charge on any atom is -0.302 e. The van der Waals surface area contributed by atoms with Crippen LogP contribution in [-0.2, 0) is 0 Å². The van der Waals surface area contributed by atoms with E-state index in [2.05, 4.69) is 23.1 Å². The Morgan fingerprint density at radius 2 is 2.12 bits per heavy atom. The first-order valence-corrected chi connectivity index (χ1v) is 6.52. The van der Waals surface area contributed by atoms with E-state index < -0.39 is 0 Å². The SMILES string of the molecule is N#CCCN1CCC(c2cccc(Cl)c2)CC1. The lowest BCUT2D eigenvalue weighted by atomic mass is 9.89. The molecule has 0 aliphatic carbocycles. The molecule has 0 radical (unpaired) electrons. The molecular formula is C14H17ClN2. The monoisotopic (exact) mass is 248 g/mol. The summed E-state index contributed by atoms with van der Waals surface area (Å²) in [5.41, 5.74) is 1.36. The molecule has 1 aliphatic heterocycles. The number of likely N-dealkylation sites (tertiary alicyclic amines) is 1. The molecule has 90 valence electrons. The average molecular weight is 249 g/mol. The molecule has 0 N–H and O–H groups in total. The summed E-state index contributed by atoms with van der Waals surface area (Å²) in [5.74, 6) is 0.632.